The van der Waals surface area contributed by atoms with E-state index in [-0.39, 0.29) is 12.1 Å². The van der Waals surface area contributed by atoms with Crippen molar-refractivity contribution in [2.75, 3.05) is 39.9 Å². The number of ether oxygens (including phenoxy) is 1. The number of nitrogens with one attached hydrogen (secondary N) is 1. The van der Waals surface area contributed by atoms with Gasteiger partial charge in [-0.05, 0) is 24.5 Å². The summed E-state index contributed by atoms with van der Waals surface area (Å²) in [6, 6.07) is 7.64. The molecule has 1 saturated carbocycles. The molecule has 0 radical (unpaired) electrons. The van der Waals surface area contributed by atoms with Gasteiger partial charge in [-0.1, -0.05) is 49.1 Å². The van der Waals surface area contributed by atoms with Gasteiger partial charge in [-0.3, -0.25) is 4.90 Å². The van der Waals surface area contributed by atoms with Crippen molar-refractivity contribution in [3.63, 3.8) is 0 Å². The summed E-state index contributed by atoms with van der Waals surface area (Å²) in [5, 5.41) is 0.661. The molecule has 0 unspecified atom stereocenters. The van der Waals surface area contributed by atoms with Crippen molar-refractivity contribution in [2.45, 2.75) is 44.2 Å². The molecule has 1 saturated heterocycles. The average molecular weight is 416 g/mol. The summed E-state index contributed by atoms with van der Waals surface area (Å²) < 4.78 is 35.6. The van der Waals surface area contributed by atoms with Crippen LogP contribution in [0.3, 0.4) is 0 Å². The third kappa shape index (κ3) is 5.43. The third-order valence-electron chi connectivity index (χ3n) is 5.68. The summed E-state index contributed by atoms with van der Waals surface area (Å²) in [6.45, 7) is 3.11. The zero-order valence-electron chi connectivity index (χ0n) is 15.9. The summed E-state index contributed by atoms with van der Waals surface area (Å²) in [5.74, 6) is 0. The number of halogens is 1. The smallest absolute Gasteiger partial charge is 0.279 e. The molecule has 1 aromatic carbocycles. The van der Waals surface area contributed by atoms with Crippen molar-refractivity contribution in [2.24, 2.45) is 0 Å². The van der Waals surface area contributed by atoms with Crippen molar-refractivity contribution in [3.8, 4) is 0 Å². The molecule has 3 rings (SSSR count). The molecule has 0 bridgehead atoms. The zero-order chi connectivity index (χ0) is 19.3. The molecule has 8 heteroatoms. The molecular weight excluding hydrogens is 386 g/mol. The van der Waals surface area contributed by atoms with Crippen LogP contribution >= 0.6 is 11.6 Å². The Kier molecular flexibility index (Phi) is 7.53. The summed E-state index contributed by atoms with van der Waals surface area (Å²) in [6.07, 6.45) is 5.27. The minimum absolute atomic E-state index is 0.0957. The Hall–Kier alpha value is -0.700. The monoisotopic (exact) mass is 415 g/mol. The van der Waals surface area contributed by atoms with E-state index < -0.39 is 10.2 Å². The van der Waals surface area contributed by atoms with Crippen LogP contribution in [0.1, 0.15) is 43.7 Å². The molecule has 2 fully saturated rings. The molecule has 2 aliphatic rings. The molecule has 1 aliphatic heterocycles. The van der Waals surface area contributed by atoms with Gasteiger partial charge in [0.1, 0.15) is 0 Å². The van der Waals surface area contributed by atoms with E-state index in [1.54, 1.807) is 7.05 Å². The van der Waals surface area contributed by atoms with Gasteiger partial charge in [-0.25, -0.2) is 4.72 Å². The van der Waals surface area contributed by atoms with Crippen LogP contribution < -0.4 is 4.72 Å². The first-order valence-electron chi connectivity index (χ1n) is 9.78. The van der Waals surface area contributed by atoms with E-state index in [9.17, 15) is 8.42 Å². The second-order valence-electron chi connectivity index (χ2n) is 7.35. The van der Waals surface area contributed by atoms with Crippen molar-refractivity contribution in [3.05, 3.63) is 34.9 Å². The predicted molar refractivity (Wildman–Crippen MR) is 108 cm³/mol. The average Bonchev–Trinajstić information content (AvgIpc) is 2.70. The highest BCUT2D eigenvalue weighted by Gasteiger charge is 2.30. The molecule has 0 spiro atoms. The molecule has 27 heavy (non-hydrogen) atoms. The Morgan fingerprint density at radius 1 is 1.22 bits per heavy atom. The predicted octanol–water partition coefficient (Wildman–Crippen LogP) is 2.81. The molecule has 1 atom stereocenters. The minimum Gasteiger partial charge on any atom is -0.379 e. The summed E-state index contributed by atoms with van der Waals surface area (Å²) in [5.41, 5.74) is 0.948. The van der Waals surface area contributed by atoms with Gasteiger partial charge < -0.3 is 4.74 Å². The Morgan fingerprint density at radius 3 is 2.56 bits per heavy atom. The molecule has 0 aromatic heterocycles. The van der Waals surface area contributed by atoms with Gasteiger partial charge in [0.25, 0.3) is 10.2 Å². The molecular formula is C19H30ClN3O3S. The van der Waals surface area contributed by atoms with Gasteiger partial charge in [-0.15, -0.1) is 0 Å². The van der Waals surface area contributed by atoms with Crippen LogP contribution in [0.4, 0.5) is 0 Å². The number of morpholine rings is 1. The largest absolute Gasteiger partial charge is 0.379 e. The fraction of sp³-hybridized carbons (Fsp3) is 0.684. The van der Waals surface area contributed by atoms with Gasteiger partial charge in [0.15, 0.2) is 0 Å². The fourth-order valence-electron chi connectivity index (χ4n) is 4.00. The number of hydrogen-bond acceptors (Lipinski definition) is 4. The summed E-state index contributed by atoms with van der Waals surface area (Å²) in [4.78, 5) is 2.24. The normalized spacial score (nSPS) is 21.4. The standard InChI is InChI=1S/C19H30ClN3O3S/c1-22(16-7-3-2-4-8-16)27(24,25)21-15-19(23-11-13-26-14-12-23)17-9-5-6-10-18(17)20/h5-6,9-10,16,19,21H,2-4,7-8,11-15H2,1H3/t19-/m0/s1. The molecule has 1 aromatic rings. The summed E-state index contributed by atoms with van der Waals surface area (Å²) in [7, 11) is -1.84. The van der Waals surface area contributed by atoms with Crippen LogP contribution in [0.15, 0.2) is 24.3 Å². The number of nitrogens with zero attached hydrogens (tertiary/aromatic N) is 2. The van der Waals surface area contributed by atoms with Crippen molar-refractivity contribution < 1.29 is 13.2 Å². The summed E-state index contributed by atoms with van der Waals surface area (Å²) >= 11 is 6.43. The highest BCUT2D eigenvalue weighted by atomic mass is 35.5. The van der Waals surface area contributed by atoms with Gasteiger partial charge in [0.05, 0.1) is 19.3 Å². The molecule has 1 aliphatic carbocycles. The number of rotatable bonds is 7. The van der Waals surface area contributed by atoms with Gasteiger partial charge >= 0.3 is 0 Å². The first-order valence-corrected chi connectivity index (χ1v) is 11.6. The Bertz CT molecular complexity index is 704. The Labute approximate surface area is 168 Å². The van der Waals surface area contributed by atoms with Crippen molar-refractivity contribution in [1.29, 1.82) is 0 Å². The Morgan fingerprint density at radius 2 is 1.89 bits per heavy atom. The first kappa shape index (κ1) is 21.0. The molecule has 1 N–H and O–H groups in total. The first-order chi connectivity index (χ1) is 13.0. The molecule has 152 valence electrons. The lowest BCUT2D eigenvalue weighted by Gasteiger charge is -2.36. The van der Waals surface area contributed by atoms with E-state index in [0.717, 1.165) is 44.3 Å². The minimum atomic E-state index is -3.53. The maximum absolute atomic E-state index is 12.9. The lowest BCUT2D eigenvalue weighted by atomic mass is 9.96. The van der Waals surface area contributed by atoms with E-state index in [2.05, 4.69) is 9.62 Å². The zero-order valence-corrected chi connectivity index (χ0v) is 17.5. The van der Waals surface area contributed by atoms with Crippen LogP contribution in [0.2, 0.25) is 5.02 Å². The van der Waals surface area contributed by atoms with E-state index >= 15 is 0 Å². The molecule has 6 nitrogen and oxygen atoms in total. The van der Waals surface area contributed by atoms with Crippen molar-refractivity contribution >= 4 is 21.8 Å². The molecule has 0 amide bonds. The quantitative estimate of drug-likeness (QED) is 0.743. The highest BCUT2D eigenvalue weighted by molar-refractivity contribution is 7.87. The topological polar surface area (TPSA) is 61.9 Å². The second-order valence-corrected chi connectivity index (χ2v) is 9.57. The lowest BCUT2D eigenvalue weighted by Crippen LogP contribution is -2.48. The van der Waals surface area contributed by atoms with E-state index in [1.807, 2.05) is 24.3 Å². The van der Waals surface area contributed by atoms with Crippen LogP contribution in [-0.4, -0.2) is 63.6 Å². The second kappa shape index (κ2) is 9.67. The van der Waals surface area contributed by atoms with Gasteiger partial charge in [-0.2, -0.15) is 12.7 Å². The third-order valence-corrected chi connectivity index (χ3v) is 7.61. The Balaban J connectivity index is 1.72. The fourth-order valence-corrected chi connectivity index (χ4v) is 5.43. The van der Waals surface area contributed by atoms with Crippen molar-refractivity contribution in [1.82, 2.24) is 13.9 Å². The van der Waals surface area contributed by atoms with Crippen LogP contribution in [0.5, 0.6) is 0 Å². The van der Waals surface area contributed by atoms with Crippen LogP contribution in [-0.2, 0) is 14.9 Å². The van der Waals surface area contributed by atoms with E-state index in [4.69, 9.17) is 16.3 Å². The SMILES string of the molecule is CN(C1CCCCC1)S(=O)(=O)NC[C@@H](c1ccccc1Cl)N1CCOCC1. The highest BCUT2D eigenvalue weighted by Crippen LogP contribution is 2.28. The van der Waals surface area contributed by atoms with Gasteiger partial charge in [0.2, 0.25) is 0 Å². The van der Waals surface area contributed by atoms with Crippen LogP contribution in [0.25, 0.3) is 0 Å². The maximum atomic E-state index is 12.9. The maximum Gasteiger partial charge on any atom is 0.279 e. The number of hydrogen-bond donors (Lipinski definition) is 1. The van der Waals surface area contributed by atoms with E-state index in [0.29, 0.717) is 24.8 Å². The van der Waals surface area contributed by atoms with Gasteiger partial charge in [0, 0.05) is 37.7 Å². The number of benzene rings is 1. The van der Waals surface area contributed by atoms with Crippen LogP contribution in [0, 0.1) is 0 Å². The lowest BCUT2D eigenvalue weighted by molar-refractivity contribution is 0.0171. The molecule has 1 heterocycles. The van der Waals surface area contributed by atoms with E-state index in [1.165, 1.54) is 10.7 Å².